The maximum Gasteiger partial charge on any atom is 0.433 e. The van der Waals surface area contributed by atoms with Gasteiger partial charge in [-0.3, -0.25) is 5.10 Å². The minimum Gasteiger partial charge on any atom is -0.271 e. The first-order valence-corrected chi connectivity index (χ1v) is 11.3. The SMILES string of the molecule is FC(F)(F)c1[nH]nc2ncc(C(c3ccccc3)(c3ccccc3)c3ccccc3)c(I)c12. The molecule has 164 valence electrons. The molecule has 0 bridgehead atoms. The third-order valence-electron chi connectivity index (χ3n) is 5.83. The van der Waals surface area contributed by atoms with Crippen LogP contribution in [0.2, 0.25) is 0 Å². The summed E-state index contributed by atoms with van der Waals surface area (Å²) in [6.45, 7) is 0. The van der Waals surface area contributed by atoms with Gasteiger partial charge in [0.05, 0.1) is 10.8 Å². The molecule has 0 saturated carbocycles. The van der Waals surface area contributed by atoms with Crippen LogP contribution < -0.4 is 0 Å². The Kier molecular flexibility index (Phi) is 5.44. The van der Waals surface area contributed by atoms with E-state index >= 15 is 0 Å². The lowest BCUT2D eigenvalue weighted by atomic mass is 9.65. The molecule has 0 saturated heterocycles. The van der Waals surface area contributed by atoms with Crippen molar-refractivity contribution in [2.24, 2.45) is 0 Å². The number of nitrogens with zero attached hydrogens (tertiary/aromatic N) is 2. The van der Waals surface area contributed by atoms with Gasteiger partial charge in [-0.1, -0.05) is 91.0 Å². The zero-order chi connectivity index (χ0) is 23.1. The van der Waals surface area contributed by atoms with Gasteiger partial charge in [-0.2, -0.15) is 18.3 Å². The minimum atomic E-state index is -4.58. The standard InChI is InChI=1S/C26H17F3IN3/c27-26(28,29)23-21-22(30)20(16-31-24(21)33-32-23)25(17-10-4-1-5-11-17,18-12-6-2-7-13-18)19-14-8-3-9-15-19/h1-16H,(H,31,32,33). The first-order valence-electron chi connectivity index (χ1n) is 10.2. The molecule has 0 aliphatic rings. The van der Waals surface area contributed by atoms with Gasteiger partial charge in [0.15, 0.2) is 5.65 Å². The summed E-state index contributed by atoms with van der Waals surface area (Å²) in [5.74, 6) is 0. The summed E-state index contributed by atoms with van der Waals surface area (Å²) in [7, 11) is 0. The summed E-state index contributed by atoms with van der Waals surface area (Å²) in [5.41, 5.74) is 1.71. The molecule has 0 aliphatic heterocycles. The van der Waals surface area contributed by atoms with E-state index in [1.54, 1.807) is 6.20 Å². The average molecular weight is 555 g/mol. The maximum absolute atomic E-state index is 13.8. The van der Waals surface area contributed by atoms with Crippen LogP contribution in [-0.2, 0) is 11.6 Å². The van der Waals surface area contributed by atoms with Gasteiger partial charge < -0.3 is 0 Å². The topological polar surface area (TPSA) is 41.6 Å². The van der Waals surface area contributed by atoms with E-state index in [2.05, 4.69) is 15.2 Å². The summed E-state index contributed by atoms with van der Waals surface area (Å²) in [4.78, 5) is 4.37. The molecule has 0 unspecified atom stereocenters. The number of benzene rings is 3. The van der Waals surface area contributed by atoms with Crippen molar-refractivity contribution < 1.29 is 13.2 Å². The van der Waals surface area contributed by atoms with Crippen LogP contribution in [0.5, 0.6) is 0 Å². The Balaban J connectivity index is 1.96. The third kappa shape index (κ3) is 3.51. The molecule has 0 aliphatic carbocycles. The molecule has 0 fully saturated rings. The lowest BCUT2D eigenvalue weighted by molar-refractivity contribution is -0.140. The zero-order valence-electron chi connectivity index (χ0n) is 17.1. The van der Waals surface area contributed by atoms with Gasteiger partial charge in [-0.15, -0.1) is 0 Å². The van der Waals surface area contributed by atoms with Crippen molar-refractivity contribution in [3.63, 3.8) is 0 Å². The zero-order valence-corrected chi connectivity index (χ0v) is 19.3. The van der Waals surface area contributed by atoms with E-state index in [0.717, 1.165) is 16.7 Å². The molecule has 0 amide bonds. The van der Waals surface area contributed by atoms with Crippen LogP contribution in [0, 0.1) is 3.57 Å². The van der Waals surface area contributed by atoms with Gasteiger partial charge in [-0.25, -0.2) is 4.98 Å². The number of hydrogen-bond donors (Lipinski definition) is 1. The largest absolute Gasteiger partial charge is 0.433 e. The van der Waals surface area contributed by atoms with Gasteiger partial charge in [0.1, 0.15) is 5.69 Å². The number of H-pyrrole nitrogens is 1. The highest BCUT2D eigenvalue weighted by atomic mass is 127. The van der Waals surface area contributed by atoms with Crippen LogP contribution in [0.15, 0.2) is 97.2 Å². The summed E-state index contributed by atoms with van der Waals surface area (Å²) >= 11 is 2.01. The molecule has 7 heteroatoms. The molecular formula is C26H17F3IN3. The Morgan fingerprint density at radius 2 is 1.15 bits per heavy atom. The molecule has 2 heterocycles. The molecule has 5 rings (SSSR count). The smallest absolute Gasteiger partial charge is 0.271 e. The van der Waals surface area contributed by atoms with E-state index in [1.807, 2.05) is 114 Å². The first kappa shape index (κ1) is 21.6. The van der Waals surface area contributed by atoms with Crippen molar-refractivity contribution in [1.29, 1.82) is 0 Å². The van der Waals surface area contributed by atoms with E-state index in [0.29, 0.717) is 9.13 Å². The van der Waals surface area contributed by atoms with Crippen molar-refractivity contribution in [2.45, 2.75) is 11.6 Å². The van der Waals surface area contributed by atoms with Crippen molar-refractivity contribution >= 4 is 33.6 Å². The van der Waals surface area contributed by atoms with Crippen LogP contribution in [0.25, 0.3) is 11.0 Å². The summed E-state index contributed by atoms with van der Waals surface area (Å²) in [6, 6.07) is 29.4. The van der Waals surface area contributed by atoms with Gasteiger partial charge in [0, 0.05) is 15.3 Å². The second-order valence-corrected chi connectivity index (χ2v) is 8.71. The normalized spacial score (nSPS) is 12.2. The van der Waals surface area contributed by atoms with E-state index < -0.39 is 17.3 Å². The quantitative estimate of drug-likeness (QED) is 0.192. The average Bonchev–Trinajstić information content (AvgIpc) is 3.29. The van der Waals surface area contributed by atoms with Gasteiger partial charge in [-0.05, 0) is 39.3 Å². The fourth-order valence-electron chi connectivity index (χ4n) is 4.45. The number of halogens is 4. The van der Waals surface area contributed by atoms with Crippen molar-refractivity contribution in [1.82, 2.24) is 15.2 Å². The Morgan fingerprint density at radius 1 is 0.697 bits per heavy atom. The minimum absolute atomic E-state index is 0.0206. The van der Waals surface area contributed by atoms with Gasteiger partial charge in [0.25, 0.3) is 0 Å². The Labute approximate surface area is 201 Å². The summed E-state index contributed by atoms with van der Waals surface area (Å²) in [5, 5.41) is 5.96. The molecule has 0 atom stereocenters. The van der Waals surface area contributed by atoms with E-state index in [4.69, 9.17) is 0 Å². The van der Waals surface area contributed by atoms with Crippen LogP contribution in [-0.4, -0.2) is 15.2 Å². The number of hydrogen-bond acceptors (Lipinski definition) is 2. The molecule has 0 spiro atoms. The molecule has 3 nitrogen and oxygen atoms in total. The highest BCUT2D eigenvalue weighted by Crippen LogP contribution is 2.48. The molecular weight excluding hydrogens is 538 g/mol. The summed E-state index contributed by atoms with van der Waals surface area (Å²) in [6.07, 6.45) is -2.93. The van der Waals surface area contributed by atoms with Gasteiger partial charge in [0.2, 0.25) is 0 Å². The van der Waals surface area contributed by atoms with Crippen LogP contribution in [0.4, 0.5) is 13.2 Å². The van der Waals surface area contributed by atoms with Crippen molar-refractivity contribution in [3.05, 3.63) is 129 Å². The van der Waals surface area contributed by atoms with E-state index in [1.165, 1.54) is 0 Å². The lowest BCUT2D eigenvalue weighted by Gasteiger charge is -2.37. The predicted molar refractivity (Wildman–Crippen MR) is 130 cm³/mol. The third-order valence-corrected chi connectivity index (χ3v) is 6.95. The lowest BCUT2D eigenvalue weighted by Crippen LogP contribution is -2.32. The molecule has 3 aromatic carbocycles. The molecule has 0 radical (unpaired) electrons. The molecule has 2 aromatic heterocycles. The highest BCUT2D eigenvalue weighted by molar-refractivity contribution is 14.1. The fourth-order valence-corrected chi connectivity index (χ4v) is 5.50. The second kappa shape index (κ2) is 8.30. The molecule has 33 heavy (non-hydrogen) atoms. The van der Waals surface area contributed by atoms with E-state index in [-0.39, 0.29) is 11.0 Å². The van der Waals surface area contributed by atoms with Gasteiger partial charge >= 0.3 is 6.18 Å². The monoisotopic (exact) mass is 555 g/mol. The van der Waals surface area contributed by atoms with Crippen molar-refractivity contribution in [3.8, 4) is 0 Å². The number of alkyl halides is 3. The van der Waals surface area contributed by atoms with Crippen LogP contribution in [0.3, 0.4) is 0 Å². The van der Waals surface area contributed by atoms with Crippen molar-refractivity contribution in [2.75, 3.05) is 0 Å². The van der Waals surface area contributed by atoms with E-state index in [9.17, 15) is 13.2 Å². The number of fused-ring (bicyclic) bond motifs is 1. The number of aromatic amines is 1. The highest BCUT2D eigenvalue weighted by Gasteiger charge is 2.42. The first-order chi connectivity index (χ1) is 15.9. The Morgan fingerprint density at radius 3 is 1.58 bits per heavy atom. The Hall–Kier alpha value is -3.20. The number of nitrogens with one attached hydrogen (secondary N) is 1. The number of pyridine rings is 1. The summed E-state index contributed by atoms with van der Waals surface area (Å²) < 4.78 is 41.9. The Bertz CT molecular complexity index is 1300. The molecule has 1 N–H and O–H groups in total. The van der Waals surface area contributed by atoms with Crippen LogP contribution >= 0.6 is 22.6 Å². The molecule has 5 aromatic rings. The predicted octanol–water partition coefficient (Wildman–Crippen LogP) is 6.96. The number of aromatic nitrogens is 3. The second-order valence-electron chi connectivity index (χ2n) is 7.63. The van der Waals surface area contributed by atoms with Crippen LogP contribution in [0.1, 0.15) is 27.9 Å². The number of rotatable bonds is 4. The fraction of sp³-hybridized carbons (Fsp3) is 0.0769. The maximum atomic E-state index is 13.8.